The van der Waals surface area contributed by atoms with Gasteiger partial charge in [0.1, 0.15) is 0 Å². The molecule has 18 heavy (non-hydrogen) atoms. The van der Waals surface area contributed by atoms with Gasteiger partial charge in [0.15, 0.2) is 0 Å². The van der Waals surface area contributed by atoms with Gasteiger partial charge >= 0.3 is 11.9 Å². The molecule has 4 saturated carbocycles. The first kappa shape index (κ1) is 9.36. The zero-order valence-electron chi connectivity index (χ0n) is 9.48. The summed E-state index contributed by atoms with van der Waals surface area (Å²) in [6, 6.07) is 0. The van der Waals surface area contributed by atoms with E-state index in [-0.39, 0.29) is 35.5 Å². The Hall–Kier alpha value is -1.58. The van der Waals surface area contributed by atoms with Crippen LogP contribution in [0.4, 0.5) is 0 Å². The van der Waals surface area contributed by atoms with Crippen LogP contribution in [-0.4, -0.2) is 22.2 Å². The van der Waals surface area contributed by atoms with E-state index in [0.717, 1.165) is 0 Å². The summed E-state index contributed by atoms with van der Waals surface area (Å²) in [6.45, 7) is 0. The van der Waals surface area contributed by atoms with Gasteiger partial charge in [-0.1, -0.05) is 24.3 Å². The van der Waals surface area contributed by atoms with Gasteiger partial charge in [-0.3, -0.25) is 9.59 Å². The molecule has 4 nitrogen and oxygen atoms in total. The molecule has 0 radical (unpaired) electrons. The Bertz CT molecular complexity index is 507. The van der Waals surface area contributed by atoms with Crippen LogP contribution in [0.15, 0.2) is 24.3 Å². The van der Waals surface area contributed by atoms with Crippen molar-refractivity contribution in [1.29, 1.82) is 0 Å². The van der Waals surface area contributed by atoms with Crippen molar-refractivity contribution in [3.8, 4) is 0 Å². The Morgan fingerprint density at radius 2 is 1.00 bits per heavy atom. The maximum absolute atomic E-state index is 12.0. The van der Waals surface area contributed by atoms with Gasteiger partial charge in [-0.2, -0.15) is 0 Å². The van der Waals surface area contributed by atoms with E-state index in [1.807, 2.05) is 24.3 Å². The third-order valence-electron chi connectivity index (χ3n) is 6.65. The van der Waals surface area contributed by atoms with Crippen molar-refractivity contribution in [2.75, 3.05) is 0 Å². The molecule has 0 aliphatic heterocycles. The van der Waals surface area contributed by atoms with E-state index < -0.39 is 22.8 Å². The first-order valence-corrected chi connectivity index (χ1v) is 6.43. The van der Waals surface area contributed by atoms with Crippen molar-refractivity contribution in [2.45, 2.75) is 0 Å². The lowest BCUT2D eigenvalue weighted by Gasteiger charge is -2.46. The minimum absolute atomic E-state index is 0.0627. The maximum atomic E-state index is 12.0. The number of carbonyl (C=O) groups is 2. The summed E-state index contributed by atoms with van der Waals surface area (Å²) in [5.74, 6) is -1.54. The number of carboxylic acid groups (broad SMARTS) is 2. The lowest BCUT2D eigenvalue weighted by atomic mass is 9.53. The fraction of sp³-hybridized carbons (Fsp3) is 0.571. The third kappa shape index (κ3) is 0.482. The van der Waals surface area contributed by atoms with Crippen LogP contribution in [0.25, 0.3) is 0 Å². The summed E-state index contributed by atoms with van der Waals surface area (Å²) in [5, 5.41) is 19.6. The van der Waals surface area contributed by atoms with Crippen molar-refractivity contribution in [1.82, 2.24) is 0 Å². The van der Waals surface area contributed by atoms with Crippen LogP contribution in [-0.2, 0) is 9.59 Å². The molecule has 92 valence electrons. The van der Waals surface area contributed by atoms with Crippen molar-refractivity contribution >= 4 is 11.9 Å². The molecule has 4 heteroatoms. The number of allylic oxidation sites excluding steroid dienone is 4. The number of rotatable bonds is 2. The van der Waals surface area contributed by atoms with Gasteiger partial charge in [0, 0.05) is 0 Å². The average Bonchev–Trinajstić information content (AvgIpc) is 3.07. The molecule has 0 saturated heterocycles. The van der Waals surface area contributed by atoms with Crippen LogP contribution in [0.5, 0.6) is 0 Å². The Labute approximate surface area is 103 Å². The minimum atomic E-state index is -1.06. The van der Waals surface area contributed by atoms with E-state index in [4.69, 9.17) is 0 Å². The third-order valence-corrected chi connectivity index (χ3v) is 6.65. The lowest BCUT2D eigenvalue weighted by Crippen LogP contribution is -2.57. The molecule has 0 aromatic heterocycles. The zero-order valence-corrected chi connectivity index (χ0v) is 9.48. The van der Waals surface area contributed by atoms with Gasteiger partial charge in [0.2, 0.25) is 0 Å². The number of carboxylic acids is 2. The quantitative estimate of drug-likeness (QED) is 0.711. The predicted molar refractivity (Wildman–Crippen MR) is 59.4 cm³/mol. The van der Waals surface area contributed by atoms with Gasteiger partial charge in [-0.15, -0.1) is 0 Å². The molecule has 2 N–H and O–H groups in total. The van der Waals surface area contributed by atoms with Crippen LogP contribution in [0, 0.1) is 46.3 Å². The molecule has 6 rings (SSSR count). The molecular formula is C14H12O4. The Morgan fingerprint density at radius 1 is 0.722 bits per heavy atom. The van der Waals surface area contributed by atoms with Gasteiger partial charge in [0.25, 0.3) is 0 Å². The van der Waals surface area contributed by atoms with Crippen molar-refractivity contribution in [3.63, 3.8) is 0 Å². The summed E-state index contributed by atoms with van der Waals surface area (Å²) in [6.07, 6.45) is 7.92. The Kier molecular flexibility index (Phi) is 1.13. The van der Waals surface area contributed by atoms with Crippen LogP contribution in [0.3, 0.4) is 0 Å². The van der Waals surface area contributed by atoms with Gasteiger partial charge in [-0.05, 0) is 35.5 Å². The molecule has 0 aromatic carbocycles. The first-order valence-electron chi connectivity index (χ1n) is 6.43. The summed E-state index contributed by atoms with van der Waals surface area (Å²) in [7, 11) is 0. The normalized spacial score (nSPS) is 63.3. The largest absolute Gasteiger partial charge is 0.481 e. The number of aliphatic carboxylic acids is 2. The van der Waals surface area contributed by atoms with Crippen molar-refractivity contribution in [3.05, 3.63) is 24.3 Å². The van der Waals surface area contributed by atoms with E-state index in [9.17, 15) is 19.8 Å². The second-order valence-corrected chi connectivity index (χ2v) is 6.38. The average molecular weight is 244 g/mol. The highest BCUT2D eigenvalue weighted by Crippen LogP contribution is 2.89. The molecule has 6 aliphatic rings. The number of hydrogen-bond donors (Lipinski definition) is 2. The SMILES string of the molecule is O=C(O)C12[C@H]3C=C[C@H]4C3C3[C@@H]1C=C[C@@H]3C42C(=O)O. The summed E-state index contributed by atoms with van der Waals surface area (Å²) < 4.78 is 0. The Balaban J connectivity index is 1.94. The highest BCUT2D eigenvalue weighted by Gasteiger charge is 2.93. The summed E-state index contributed by atoms with van der Waals surface area (Å²) >= 11 is 0. The topological polar surface area (TPSA) is 74.6 Å². The van der Waals surface area contributed by atoms with Gasteiger partial charge < -0.3 is 10.2 Å². The maximum Gasteiger partial charge on any atom is 0.312 e. The fourth-order valence-corrected chi connectivity index (χ4v) is 6.69. The molecule has 0 amide bonds. The lowest BCUT2D eigenvalue weighted by molar-refractivity contribution is -0.178. The molecule has 4 atom stereocenters. The highest BCUT2D eigenvalue weighted by atomic mass is 16.4. The fourth-order valence-electron chi connectivity index (χ4n) is 6.69. The molecule has 0 unspecified atom stereocenters. The molecule has 4 fully saturated rings. The predicted octanol–water partition coefficient (Wildman–Crippen LogP) is 1.01. The van der Waals surface area contributed by atoms with E-state index in [1.54, 1.807) is 0 Å². The zero-order chi connectivity index (χ0) is 12.4. The van der Waals surface area contributed by atoms with Crippen molar-refractivity contribution < 1.29 is 19.8 Å². The van der Waals surface area contributed by atoms with E-state index in [1.165, 1.54) is 0 Å². The second kappa shape index (κ2) is 2.17. The van der Waals surface area contributed by atoms with Crippen molar-refractivity contribution in [2.24, 2.45) is 46.3 Å². The standard InChI is InChI=1S/C14H12O4/c15-11(16)13-5-1-2-6-9(5)10-7(13)3-4-8(10)14(6,13)12(17)18/h1-10H,(H,15,16)(H,17,18)/t5-,6-,7-,8-,9?,10?,13?,14?/m0/s1. The van der Waals surface area contributed by atoms with Gasteiger partial charge in [0.05, 0.1) is 10.8 Å². The summed E-state index contributed by atoms with van der Waals surface area (Å²) in [5.41, 5.74) is -2.12. The molecule has 6 aliphatic carbocycles. The van der Waals surface area contributed by atoms with E-state index in [2.05, 4.69) is 0 Å². The smallest absolute Gasteiger partial charge is 0.312 e. The molecule has 0 spiro atoms. The van der Waals surface area contributed by atoms with Crippen LogP contribution in [0.1, 0.15) is 0 Å². The number of hydrogen-bond acceptors (Lipinski definition) is 2. The molecule has 0 heterocycles. The molecule has 8 bridgehead atoms. The van der Waals surface area contributed by atoms with Crippen LogP contribution >= 0.6 is 0 Å². The van der Waals surface area contributed by atoms with Gasteiger partial charge in [-0.25, -0.2) is 0 Å². The van der Waals surface area contributed by atoms with E-state index >= 15 is 0 Å². The molecular weight excluding hydrogens is 232 g/mol. The first-order chi connectivity index (χ1) is 8.59. The summed E-state index contributed by atoms with van der Waals surface area (Å²) in [4.78, 5) is 24.0. The Morgan fingerprint density at radius 3 is 1.22 bits per heavy atom. The second-order valence-electron chi connectivity index (χ2n) is 6.38. The molecule has 0 aromatic rings. The highest BCUT2D eigenvalue weighted by molar-refractivity contribution is 5.94. The van der Waals surface area contributed by atoms with Crippen LogP contribution in [0.2, 0.25) is 0 Å². The van der Waals surface area contributed by atoms with E-state index in [0.29, 0.717) is 0 Å². The minimum Gasteiger partial charge on any atom is -0.481 e. The van der Waals surface area contributed by atoms with Crippen LogP contribution < -0.4 is 0 Å². The monoisotopic (exact) mass is 244 g/mol.